The van der Waals surface area contributed by atoms with Crippen molar-refractivity contribution in [3.05, 3.63) is 28.7 Å². The largest absolute Gasteiger partial charge is 0.481 e. The van der Waals surface area contributed by atoms with Gasteiger partial charge in [0.1, 0.15) is 5.92 Å². The fraction of sp³-hybridized carbons (Fsp3) is 0.417. The third-order valence-electron chi connectivity index (χ3n) is 2.48. The number of carbonyl (C=O) groups excluding carboxylic acids is 1. The van der Waals surface area contributed by atoms with Gasteiger partial charge in [-0.1, -0.05) is 6.92 Å². The van der Waals surface area contributed by atoms with E-state index < -0.39 is 17.8 Å². The van der Waals surface area contributed by atoms with Gasteiger partial charge < -0.3 is 15.0 Å². The number of pyridine rings is 1. The Balaban J connectivity index is 2.85. The normalized spacial score (nSPS) is 11.9. The van der Waals surface area contributed by atoms with Gasteiger partial charge in [0.15, 0.2) is 0 Å². The molecule has 0 aliphatic heterocycles. The standard InChI is InChI=1S/C12H16N2O4/c1-3-6-14-7-9(4-5-10(14)15)13-11(16)8(2)12(17)18/h4-5,7-8H,3,6H2,1-2H3,(H,13,16)(H,17,18). The van der Waals surface area contributed by atoms with E-state index in [0.29, 0.717) is 12.2 Å². The number of aromatic nitrogens is 1. The Morgan fingerprint density at radius 1 is 1.44 bits per heavy atom. The Kier molecular flexibility index (Phi) is 4.65. The van der Waals surface area contributed by atoms with Gasteiger partial charge in [-0.15, -0.1) is 0 Å². The Morgan fingerprint density at radius 2 is 2.11 bits per heavy atom. The molecule has 2 N–H and O–H groups in total. The van der Waals surface area contributed by atoms with Crippen molar-refractivity contribution < 1.29 is 14.7 Å². The second-order valence-electron chi connectivity index (χ2n) is 4.00. The van der Waals surface area contributed by atoms with Crippen LogP contribution in [0.25, 0.3) is 0 Å². The zero-order chi connectivity index (χ0) is 13.7. The van der Waals surface area contributed by atoms with Crippen LogP contribution in [0.15, 0.2) is 23.1 Å². The average molecular weight is 252 g/mol. The third kappa shape index (κ3) is 3.44. The molecule has 0 saturated carbocycles. The predicted octanol–water partition coefficient (Wildman–Crippen LogP) is 0.917. The Hall–Kier alpha value is -2.11. The van der Waals surface area contributed by atoms with E-state index in [0.717, 1.165) is 6.42 Å². The molecule has 0 aliphatic rings. The highest BCUT2D eigenvalue weighted by Crippen LogP contribution is 2.07. The van der Waals surface area contributed by atoms with Crippen molar-refractivity contribution in [2.24, 2.45) is 5.92 Å². The van der Waals surface area contributed by atoms with Crippen molar-refractivity contribution in [1.82, 2.24) is 4.57 Å². The summed E-state index contributed by atoms with van der Waals surface area (Å²) in [5.41, 5.74) is 0.266. The molecule has 0 radical (unpaired) electrons. The molecular weight excluding hydrogens is 236 g/mol. The summed E-state index contributed by atoms with van der Waals surface area (Å²) in [6, 6.07) is 2.80. The smallest absolute Gasteiger partial charge is 0.315 e. The highest BCUT2D eigenvalue weighted by molar-refractivity contribution is 6.03. The fourth-order valence-electron chi connectivity index (χ4n) is 1.38. The van der Waals surface area contributed by atoms with Gasteiger partial charge in [0.2, 0.25) is 5.91 Å². The Labute approximate surface area is 104 Å². The lowest BCUT2D eigenvalue weighted by atomic mass is 10.1. The van der Waals surface area contributed by atoms with E-state index in [9.17, 15) is 14.4 Å². The number of aryl methyl sites for hydroxylation is 1. The molecule has 1 atom stereocenters. The minimum atomic E-state index is -1.19. The van der Waals surface area contributed by atoms with Crippen LogP contribution in [-0.2, 0) is 16.1 Å². The minimum absolute atomic E-state index is 0.152. The minimum Gasteiger partial charge on any atom is -0.481 e. The zero-order valence-corrected chi connectivity index (χ0v) is 10.3. The van der Waals surface area contributed by atoms with Gasteiger partial charge in [0, 0.05) is 18.8 Å². The van der Waals surface area contributed by atoms with E-state index in [1.807, 2.05) is 6.92 Å². The number of hydrogen-bond acceptors (Lipinski definition) is 3. The molecule has 1 aromatic rings. The number of carboxylic acid groups (broad SMARTS) is 1. The van der Waals surface area contributed by atoms with Crippen molar-refractivity contribution in [2.75, 3.05) is 5.32 Å². The van der Waals surface area contributed by atoms with Crippen molar-refractivity contribution in [3.63, 3.8) is 0 Å². The number of rotatable bonds is 5. The lowest BCUT2D eigenvalue weighted by Gasteiger charge is -2.10. The van der Waals surface area contributed by atoms with Gasteiger partial charge in [0.05, 0.1) is 5.69 Å². The molecule has 6 nitrogen and oxygen atoms in total. The zero-order valence-electron chi connectivity index (χ0n) is 10.3. The van der Waals surface area contributed by atoms with Crippen LogP contribution in [0.5, 0.6) is 0 Å². The van der Waals surface area contributed by atoms with Crippen LogP contribution in [0.3, 0.4) is 0 Å². The summed E-state index contributed by atoms with van der Waals surface area (Å²) < 4.78 is 1.47. The molecule has 0 fully saturated rings. The van der Waals surface area contributed by atoms with Crippen LogP contribution < -0.4 is 10.9 Å². The second-order valence-corrected chi connectivity index (χ2v) is 4.00. The highest BCUT2D eigenvalue weighted by atomic mass is 16.4. The number of hydrogen-bond donors (Lipinski definition) is 2. The quantitative estimate of drug-likeness (QED) is 0.762. The number of anilines is 1. The molecule has 1 amide bonds. The van der Waals surface area contributed by atoms with Crippen molar-refractivity contribution in [1.29, 1.82) is 0 Å². The summed E-state index contributed by atoms with van der Waals surface area (Å²) in [7, 11) is 0. The molecule has 0 bridgehead atoms. The van der Waals surface area contributed by atoms with E-state index in [1.165, 1.54) is 29.8 Å². The van der Waals surface area contributed by atoms with Crippen LogP contribution >= 0.6 is 0 Å². The Morgan fingerprint density at radius 3 is 2.67 bits per heavy atom. The maximum absolute atomic E-state index is 11.5. The summed E-state index contributed by atoms with van der Waals surface area (Å²) in [6.45, 7) is 3.79. The third-order valence-corrected chi connectivity index (χ3v) is 2.48. The molecule has 0 aromatic carbocycles. The van der Waals surface area contributed by atoms with Gasteiger partial charge >= 0.3 is 5.97 Å². The van der Waals surface area contributed by atoms with Gasteiger partial charge in [-0.2, -0.15) is 0 Å². The number of nitrogens with one attached hydrogen (secondary N) is 1. The highest BCUT2D eigenvalue weighted by Gasteiger charge is 2.20. The van der Waals surface area contributed by atoms with Crippen molar-refractivity contribution >= 4 is 17.6 Å². The molecule has 98 valence electrons. The molecule has 6 heteroatoms. The van der Waals surface area contributed by atoms with Crippen LogP contribution in [-0.4, -0.2) is 21.6 Å². The van der Waals surface area contributed by atoms with Crippen molar-refractivity contribution in [3.8, 4) is 0 Å². The molecule has 0 aliphatic carbocycles. The number of carboxylic acids is 1. The first-order valence-electron chi connectivity index (χ1n) is 5.70. The van der Waals surface area contributed by atoms with Gasteiger partial charge in [-0.3, -0.25) is 14.4 Å². The molecule has 1 aromatic heterocycles. The Bertz CT molecular complexity index is 507. The first-order valence-corrected chi connectivity index (χ1v) is 5.70. The molecule has 18 heavy (non-hydrogen) atoms. The summed E-state index contributed by atoms with van der Waals surface area (Å²) >= 11 is 0. The van der Waals surface area contributed by atoms with Gasteiger partial charge in [-0.05, 0) is 19.4 Å². The van der Waals surface area contributed by atoms with E-state index in [1.54, 1.807) is 0 Å². The number of carbonyl (C=O) groups is 2. The summed E-state index contributed by atoms with van der Waals surface area (Å²) in [5, 5.41) is 11.2. The fourth-order valence-corrected chi connectivity index (χ4v) is 1.38. The number of aliphatic carboxylic acids is 1. The topological polar surface area (TPSA) is 88.4 Å². The first-order chi connectivity index (χ1) is 8.45. The van der Waals surface area contributed by atoms with Crippen LogP contribution in [0.1, 0.15) is 20.3 Å². The van der Waals surface area contributed by atoms with Gasteiger partial charge in [0.25, 0.3) is 5.56 Å². The van der Waals surface area contributed by atoms with Crippen molar-refractivity contribution in [2.45, 2.75) is 26.8 Å². The van der Waals surface area contributed by atoms with E-state index in [4.69, 9.17) is 5.11 Å². The molecular formula is C12H16N2O4. The molecule has 1 unspecified atom stereocenters. The lowest BCUT2D eigenvalue weighted by Crippen LogP contribution is -2.28. The first kappa shape index (κ1) is 14.0. The molecule has 1 heterocycles. The van der Waals surface area contributed by atoms with E-state index in [-0.39, 0.29) is 5.56 Å². The molecule has 1 rings (SSSR count). The maximum Gasteiger partial charge on any atom is 0.315 e. The van der Waals surface area contributed by atoms with E-state index in [2.05, 4.69) is 5.32 Å². The SMILES string of the molecule is CCCn1cc(NC(=O)C(C)C(=O)O)ccc1=O. The number of nitrogens with zero attached hydrogens (tertiary/aromatic N) is 1. The summed E-state index contributed by atoms with van der Waals surface area (Å²) in [4.78, 5) is 33.6. The van der Waals surface area contributed by atoms with Gasteiger partial charge in [-0.25, -0.2) is 0 Å². The molecule has 0 spiro atoms. The van der Waals surface area contributed by atoms with Crippen LogP contribution in [0.4, 0.5) is 5.69 Å². The number of amides is 1. The summed E-state index contributed by atoms with van der Waals surface area (Å²) in [5.74, 6) is -2.92. The average Bonchev–Trinajstić information content (AvgIpc) is 2.32. The van der Waals surface area contributed by atoms with E-state index >= 15 is 0 Å². The predicted molar refractivity (Wildman–Crippen MR) is 66.4 cm³/mol. The second kappa shape index (κ2) is 6.00. The lowest BCUT2D eigenvalue weighted by molar-refractivity contribution is -0.144. The maximum atomic E-state index is 11.5. The molecule has 0 saturated heterocycles. The van der Waals surface area contributed by atoms with Crippen LogP contribution in [0, 0.1) is 5.92 Å². The summed E-state index contributed by atoms with van der Waals surface area (Å²) in [6.07, 6.45) is 2.31. The van der Waals surface area contributed by atoms with Crippen LogP contribution in [0.2, 0.25) is 0 Å². The monoisotopic (exact) mass is 252 g/mol.